The van der Waals surface area contributed by atoms with E-state index in [0.717, 1.165) is 25.3 Å². The average Bonchev–Trinajstić information content (AvgIpc) is 2.66. The normalized spacial score (nSPS) is 17.7. The minimum Gasteiger partial charge on any atom is -0.484 e. The molecule has 0 aromatic heterocycles. The van der Waals surface area contributed by atoms with E-state index in [4.69, 9.17) is 10.00 Å². The zero-order chi connectivity index (χ0) is 15.3. The molecule has 0 saturated carbocycles. The van der Waals surface area contributed by atoms with Gasteiger partial charge in [-0.05, 0) is 30.7 Å². The summed E-state index contributed by atoms with van der Waals surface area (Å²) in [5.41, 5.74) is 0.584. The van der Waals surface area contributed by atoms with Gasteiger partial charge in [0, 0.05) is 23.6 Å². The highest BCUT2D eigenvalue weighted by Gasteiger charge is 2.25. The molecular formula is C16H20N2O2S. The first-order chi connectivity index (χ1) is 10.00. The van der Waals surface area contributed by atoms with Gasteiger partial charge in [-0.25, -0.2) is 0 Å². The van der Waals surface area contributed by atoms with Crippen molar-refractivity contribution in [1.29, 1.82) is 5.26 Å². The highest BCUT2D eigenvalue weighted by atomic mass is 32.2. The Bertz CT molecular complexity index is 534. The molecule has 1 fully saturated rings. The maximum atomic E-state index is 12.2. The standard InChI is InChI=1S/C16H20N2O2S/c1-16(2)7-8-18(9-10-21-16)15(19)12-20-14-5-3-13(11-17)4-6-14/h3-6H,7-10,12H2,1-2H3. The van der Waals surface area contributed by atoms with Crippen LogP contribution in [0, 0.1) is 11.3 Å². The first-order valence-corrected chi connectivity index (χ1v) is 8.03. The third kappa shape index (κ3) is 4.68. The summed E-state index contributed by atoms with van der Waals surface area (Å²) in [7, 11) is 0. The van der Waals surface area contributed by atoms with Crippen molar-refractivity contribution < 1.29 is 9.53 Å². The molecule has 1 aromatic carbocycles. The molecule has 4 nitrogen and oxygen atoms in total. The molecule has 1 amide bonds. The van der Waals surface area contributed by atoms with Gasteiger partial charge in [-0.1, -0.05) is 13.8 Å². The van der Waals surface area contributed by atoms with Crippen molar-refractivity contribution in [2.24, 2.45) is 0 Å². The van der Waals surface area contributed by atoms with Gasteiger partial charge in [-0.15, -0.1) is 0 Å². The Morgan fingerprint density at radius 2 is 2.10 bits per heavy atom. The van der Waals surface area contributed by atoms with Crippen LogP contribution in [0.5, 0.6) is 5.75 Å². The highest BCUT2D eigenvalue weighted by Crippen LogP contribution is 2.30. The molecule has 112 valence electrons. The van der Waals surface area contributed by atoms with Gasteiger partial charge in [0.25, 0.3) is 5.91 Å². The van der Waals surface area contributed by atoms with Crippen LogP contribution < -0.4 is 4.74 Å². The van der Waals surface area contributed by atoms with E-state index < -0.39 is 0 Å². The van der Waals surface area contributed by atoms with Crippen LogP contribution in [0.1, 0.15) is 25.8 Å². The van der Waals surface area contributed by atoms with Gasteiger partial charge in [0.05, 0.1) is 11.6 Å². The van der Waals surface area contributed by atoms with Crippen molar-refractivity contribution >= 4 is 17.7 Å². The number of benzene rings is 1. The van der Waals surface area contributed by atoms with Crippen molar-refractivity contribution in [3.63, 3.8) is 0 Å². The van der Waals surface area contributed by atoms with Gasteiger partial charge in [0.1, 0.15) is 5.75 Å². The molecule has 0 bridgehead atoms. The zero-order valence-corrected chi connectivity index (χ0v) is 13.3. The summed E-state index contributed by atoms with van der Waals surface area (Å²) in [6.07, 6.45) is 1.00. The van der Waals surface area contributed by atoms with Gasteiger partial charge < -0.3 is 9.64 Å². The quantitative estimate of drug-likeness (QED) is 0.861. The van der Waals surface area contributed by atoms with Crippen LogP contribution in [-0.4, -0.2) is 41.0 Å². The number of thioether (sulfide) groups is 1. The number of rotatable bonds is 3. The Morgan fingerprint density at radius 3 is 2.76 bits per heavy atom. The Kier molecular flexibility index (Phi) is 5.13. The zero-order valence-electron chi connectivity index (χ0n) is 12.5. The molecule has 5 heteroatoms. The fourth-order valence-electron chi connectivity index (χ4n) is 2.13. The van der Waals surface area contributed by atoms with Crippen LogP contribution in [0.15, 0.2) is 24.3 Å². The van der Waals surface area contributed by atoms with Gasteiger partial charge in [-0.3, -0.25) is 4.79 Å². The molecule has 1 heterocycles. The lowest BCUT2D eigenvalue weighted by Gasteiger charge is -2.22. The third-order valence-corrected chi connectivity index (χ3v) is 4.91. The van der Waals surface area contributed by atoms with Crippen molar-refractivity contribution in [1.82, 2.24) is 4.90 Å². The first kappa shape index (κ1) is 15.7. The molecule has 1 saturated heterocycles. The summed E-state index contributed by atoms with van der Waals surface area (Å²) >= 11 is 1.92. The van der Waals surface area contributed by atoms with Crippen molar-refractivity contribution in [2.75, 3.05) is 25.4 Å². The second kappa shape index (κ2) is 6.86. The minimum absolute atomic E-state index is 0.0256. The molecule has 0 N–H and O–H groups in total. The smallest absolute Gasteiger partial charge is 0.260 e. The van der Waals surface area contributed by atoms with Crippen molar-refractivity contribution in [2.45, 2.75) is 25.0 Å². The van der Waals surface area contributed by atoms with Crippen LogP contribution in [0.3, 0.4) is 0 Å². The summed E-state index contributed by atoms with van der Waals surface area (Å²) < 4.78 is 5.74. The van der Waals surface area contributed by atoms with Gasteiger partial charge in [-0.2, -0.15) is 17.0 Å². The molecule has 1 aromatic rings. The second-order valence-corrected chi connectivity index (χ2v) is 7.47. The largest absolute Gasteiger partial charge is 0.484 e. The Labute approximate surface area is 130 Å². The number of amides is 1. The van der Waals surface area contributed by atoms with E-state index in [0.29, 0.717) is 11.3 Å². The second-order valence-electron chi connectivity index (χ2n) is 5.66. The topological polar surface area (TPSA) is 53.3 Å². The number of carbonyl (C=O) groups is 1. The van der Waals surface area contributed by atoms with E-state index in [1.807, 2.05) is 16.7 Å². The molecule has 0 aliphatic carbocycles. The van der Waals surface area contributed by atoms with E-state index in [1.165, 1.54) is 0 Å². The maximum Gasteiger partial charge on any atom is 0.260 e. The van der Waals surface area contributed by atoms with E-state index in [-0.39, 0.29) is 17.3 Å². The monoisotopic (exact) mass is 304 g/mol. The molecule has 1 aliphatic rings. The Morgan fingerprint density at radius 1 is 1.38 bits per heavy atom. The predicted octanol–water partition coefficient (Wildman–Crippen LogP) is 2.68. The fraction of sp³-hybridized carbons (Fsp3) is 0.500. The lowest BCUT2D eigenvalue weighted by Crippen LogP contribution is -2.37. The fourth-order valence-corrected chi connectivity index (χ4v) is 3.23. The van der Waals surface area contributed by atoms with E-state index in [1.54, 1.807) is 24.3 Å². The summed E-state index contributed by atoms with van der Waals surface area (Å²) in [6.45, 7) is 6.06. The number of carbonyl (C=O) groups excluding carboxylic acids is 1. The molecule has 21 heavy (non-hydrogen) atoms. The Balaban J connectivity index is 1.85. The van der Waals surface area contributed by atoms with Gasteiger partial charge >= 0.3 is 0 Å². The summed E-state index contributed by atoms with van der Waals surface area (Å²) in [5, 5.41) is 8.73. The van der Waals surface area contributed by atoms with Gasteiger partial charge in [0.2, 0.25) is 0 Å². The molecule has 1 aliphatic heterocycles. The predicted molar refractivity (Wildman–Crippen MR) is 84.4 cm³/mol. The maximum absolute atomic E-state index is 12.2. The van der Waals surface area contributed by atoms with E-state index >= 15 is 0 Å². The number of ether oxygens (including phenoxy) is 1. The summed E-state index contributed by atoms with van der Waals surface area (Å²) in [5.74, 6) is 1.61. The van der Waals surface area contributed by atoms with Crippen molar-refractivity contribution in [3.05, 3.63) is 29.8 Å². The number of hydrogen-bond donors (Lipinski definition) is 0. The number of nitrogens with zero attached hydrogens (tertiary/aromatic N) is 2. The lowest BCUT2D eigenvalue weighted by atomic mass is 10.1. The van der Waals surface area contributed by atoms with Crippen molar-refractivity contribution in [3.8, 4) is 11.8 Å². The molecule has 0 spiro atoms. The molecule has 0 radical (unpaired) electrons. The molecule has 0 unspecified atom stereocenters. The molecular weight excluding hydrogens is 284 g/mol. The van der Waals surface area contributed by atoms with Crippen LogP contribution in [-0.2, 0) is 4.79 Å². The number of nitriles is 1. The first-order valence-electron chi connectivity index (χ1n) is 7.05. The molecule has 2 rings (SSSR count). The summed E-state index contributed by atoms with van der Waals surface area (Å²) in [6, 6.07) is 8.85. The van der Waals surface area contributed by atoms with Gasteiger partial charge in [0.15, 0.2) is 6.61 Å². The van der Waals surface area contributed by atoms with Crippen LogP contribution in [0.25, 0.3) is 0 Å². The van der Waals surface area contributed by atoms with Crippen LogP contribution in [0.2, 0.25) is 0 Å². The lowest BCUT2D eigenvalue weighted by molar-refractivity contribution is -0.133. The SMILES string of the molecule is CC1(C)CCN(C(=O)COc2ccc(C#N)cc2)CCS1. The van der Waals surface area contributed by atoms with Crippen LogP contribution in [0.4, 0.5) is 0 Å². The summed E-state index contributed by atoms with van der Waals surface area (Å²) in [4.78, 5) is 14.1. The highest BCUT2D eigenvalue weighted by molar-refractivity contribution is 8.00. The molecule has 0 atom stereocenters. The third-order valence-electron chi connectivity index (χ3n) is 3.54. The Hall–Kier alpha value is -1.67. The number of hydrogen-bond acceptors (Lipinski definition) is 4. The van der Waals surface area contributed by atoms with Crippen LogP contribution >= 0.6 is 11.8 Å². The minimum atomic E-state index is 0.0256. The van der Waals surface area contributed by atoms with E-state index in [9.17, 15) is 4.79 Å². The van der Waals surface area contributed by atoms with E-state index in [2.05, 4.69) is 19.9 Å². The average molecular weight is 304 g/mol.